The van der Waals surface area contributed by atoms with Crippen molar-refractivity contribution in [1.82, 2.24) is 4.90 Å². The Hall–Kier alpha value is -1.37. The van der Waals surface area contributed by atoms with Gasteiger partial charge in [-0.3, -0.25) is 4.90 Å². The second-order valence-corrected chi connectivity index (χ2v) is 14.0. The van der Waals surface area contributed by atoms with Crippen molar-refractivity contribution < 1.29 is 26.3 Å². The van der Waals surface area contributed by atoms with Gasteiger partial charge in [0, 0.05) is 26.2 Å². The number of fused-ring (bicyclic) bond motifs is 2. The molecule has 4 heterocycles. The Morgan fingerprint density at radius 2 is 1.97 bits per heavy atom. The molecule has 32 heavy (non-hydrogen) atoms. The number of ether oxygens (including phenoxy) is 2. The molecule has 1 fully saturated rings. The van der Waals surface area contributed by atoms with E-state index in [2.05, 4.69) is 4.90 Å². The van der Waals surface area contributed by atoms with Crippen molar-refractivity contribution in [2.24, 2.45) is 5.14 Å². The molecule has 1 aromatic rings. The lowest BCUT2D eigenvalue weighted by Crippen LogP contribution is -2.46. The topological polar surface area (TPSA) is 116 Å². The van der Waals surface area contributed by atoms with Crippen molar-refractivity contribution >= 4 is 31.6 Å². The molecule has 176 valence electrons. The van der Waals surface area contributed by atoms with Crippen molar-refractivity contribution in [3.63, 3.8) is 0 Å². The Kier molecular flexibility index (Phi) is 6.27. The molecule has 2 N–H and O–H groups in total. The third-order valence-corrected chi connectivity index (χ3v) is 12.2. The van der Waals surface area contributed by atoms with Crippen LogP contribution in [0.25, 0.3) is 0 Å². The van der Waals surface area contributed by atoms with E-state index in [4.69, 9.17) is 14.6 Å². The molecule has 0 amide bonds. The first-order valence-electron chi connectivity index (χ1n) is 10.3. The highest BCUT2D eigenvalue weighted by Gasteiger charge is 2.57. The first-order valence-corrected chi connectivity index (χ1v) is 14.1. The van der Waals surface area contributed by atoms with Crippen LogP contribution in [-0.4, -0.2) is 59.4 Å². The molecule has 3 unspecified atom stereocenters. The van der Waals surface area contributed by atoms with E-state index in [-0.39, 0.29) is 21.0 Å². The summed E-state index contributed by atoms with van der Waals surface area (Å²) in [6.45, 7) is 2.86. The number of benzene rings is 1. The van der Waals surface area contributed by atoms with Crippen LogP contribution in [0.4, 0.5) is 0 Å². The molecule has 11 heteroatoms. The summed E-state index contributed by atoms with van der Waals surface area (Å²) < 4.78 is 61.6. The SMILES string of the molecule is COc1ccc(CN2CC3=C4S/C(S(N)(=O)=O)=C\C2CC(CC(C)OC)(C3)S4(=O)=O)cc1. The third-order valence-electron chi connectivity index (χ3n) is 6.49. The molecule has 3 atom stereocenters. The Morgan fingerprint density at radius 1 is 1.28 bits per heavy atom. The normalized spacial score (nSPS) is 29.9. The zero-order valence-corrected chi connectivity index (χ0v) is 20.7. The fraction of sp³-hybridized carbons (Fsp3) is 0.524. The van der Waals surface area contributed by atoms with Gasteiger partial charge in [0.25, 0.3) is 0 Å². The van der Waals surface area contributed by atoms with Gasteiger partial charge in [-0.15, -0.1) is 0 Å². The smallest absolute Gasteiger partial charge is 0.244 e. The van der Waals surface area contributed by atoms with Gasteiger partial charge >= 0.3 is 0 Å². The number of nitrogens with two attached hydrogens (primary N) is 1. The molecule has 8 nitrogen and oxygen atoms in total. The van der Waals surface area contributed by atoms with Gasteiger partial charge in [0.05, 0.1) is 18.0 Å². The molecular weight excluding hydrogens is 472 g/mol. The summed E-state index contributed by atoms with van der Waals surface area (Å²) in [5, 5.41) is 5.46. The minimum atomic E-state index is -4.06. The van der Waals surface area contributed by atoms with E-state index in [9.17, 15) is 16.8 Å². The Balaban J connectivity index is 1.80. The number of sulfonamides is 1. The third kappa shape index (κ3) is 4.14. The number of nitrogens with zero attached hydrogens (tertiary/aromatic N) is 1. The van der Waals surface area contributed by atoms with E-state index in [1.54, 1.807) is 20.3 Å². The zero-order chi connectivity index (χ0) is 23.3. The molecule has 0 radical (unpaired) electrons. The number of sulfone groups is 1. The number of primary sulfonamides is 1. The molecule has 0 spiro atoms. The fourth-order valence-electron chi connectivity index (χ4n) is 4.86. The number of hydrogen-bond donors (Lipinski definition) is 1. The van der Waals surface area contributed by atoms with Gasteiger partial charge < -0.3 is 9.47 Å². The predicted molar refractivity (Wildman–Crippen MR) is 125 cm³/mol. The highest BCUT2D eigenvalue weighted by Crippen LogP contribution is 2.56. The summed E-state index contributed by atoms with van der Waals surface area (Å²) in [5.74, 6) is 0.748. The number of rotatable bonds is 7. The highest BCUT2D eigenvalue weighted by atomic mass is 32.3. The average Bonchev–Trinajstić information content (AvgIpc) is 2.83. The largest absolute Gasteiger partial charge is 0.497 e. The van der Waals surface area contributed by atoms with Crippen LogP contribution in [0.3, 0.4) is 0 Å². The van der Waals surface area contributed by atoms with E-state index in [0.29, 0.717) is 25.9 Å². The summed E-state index contributed by atoms with van der Waals surface area (Å²) in [5.41, 5.74) is 1.78. The molecule has 5 rings (SSSR count). The van der Waals surface area contributed by atoms with Gasteiger partial charge in [-0.2, -0.15) is 0 Å². The lowest BCUT2D eigenvalue weighted by molar-refractivity contribution is 0.0958. The van der Waals surface area contributed by atoms with Gasteiger partial charge in [-0.25, -0.2) is 22.0 Å². The molecule has 0 aliphatic carbocycles. The van der Waals surface area contributed by atoms with Crippen LogP contribution >= 0.6 is 11.8 Å². The fourth-order valence-corrected chi connectivity index (χ4v) is 10.1. The maximum absolute atomic E-state index is 13.7. The second kappa shape index (κ2) is 8.44. The minimum Gasteiger partial charge on any atom is -0.497 e. The lowest BCUT2D eigenvalue weighted by atomic mass is 9.89. The summed E-state index contributed by atoms with van der Waals surface area (Å²) in [6, 6.07) is 7.25. The highest BCUT2D eigenvalue weighted by molar-refractivity contribution is 8.28. The number of hydrogen-bond acceptors (Lipinski definition) is 8. The minimum absolute atomic E-state index is 0.103. The van der Waals surface area contributed by atoms with Crippen LogP contribution in [0.1, 0.15) is 31.7 Å². The van der Waals surface area contributed by atoms with Gasteiger partial charge in [0.2, 0.25) is 10.0 Å². The monoisotopic (exact) mass is 500 g/mol. The Labute approximate surface area is 193 Å². The Bertz CT molecular complexity index is 1170. The first-order chi connectivity index (χ1) is 15.0. The van der Waals surface area contributed by atoms with E-state index in [1.165, 1.54) is 0 Å². The summed E-state index contributed by atoms with van der Waals surface area (Å²) >= 11 is 0.787. The van der Waals surface area contributed by atoms with Gasteiger partial charge in [0.15, 0.2) is 9.84 Å². The molecule has 4 aliphatic heterocycles. The van der Waals surface area contributed by atoms with E-state index in [0.717, 1.165) is 28.6 Å². The van der Waals surface area contributed by atoms with Crippen LogP contribution in [0.2, 0.25) is 0 Å². The zero-order valence-electron chi connectivity index (χ0n) is 18.3. The van der Waals surface area contributed by atoms with E-state index in [1.807, 2.05) is 31.2 Å². The average molecular weight is 501 g/mol. The van der Waals surface area contributed by atoms with Gasteiger partial charge in [-0.05, 0) is 55.5 Å². The number of methoxy groups -OCH3 is 2. The molecule has 0 aromatic heterocycles. The van der Waals surface area contributed by atoms with Crippen LogP contribution in [-0.2, 0) is 31.1 Å². The van der Waals surface area contributed by atoms with Crippen molar-refractivity contribution in [2.75, 3.05) is 20.8 Å². The molecule has 1 aromatic carbocycles. The Morgan fingerprint density at radius 3 is 2.56 bits per heavy atom. The van der Waals surface area contributed by atoms with Crippen LogP contribution in [0.15, 0.2) is 44.4 Å². The molecular formula is C21H28N2O6S3. The maximum Gasteiger partial charge on any atom is 0.244 e. The molecule has 4 aliphatic rings. The first kappa shape index (κ1) is 23.8. The maximum atomic E-state index is 13.7. The summed E-state index contributed by atoms with van der Waals surface area (Å²) in [6.07, 6.45) is 2.40. The van der Waals surface area contributed by atoms with E-state index >= 15 is 0 Å². The quantitative estimate of drug-likeness (QED) is 0.607. The standard InChI is InChI=1S/C21H28N2O6S3/c1-14(28-2)9-21-10-16-13-23(12-15-4-6-18(29-3)7-5-15)17(11-21)8-19(32(22,26)27)30-20(16)31(21,24)25/h4-8,14,17H,9-13H2,1-3H3,(H2,22,26,27)/b19-8+. The van der Waals surface area contributed by atoms with Crippen LogP contribution < -0.4 is 9.88 Å². The van der Waals surface area contributed by atoms with Crippen molar-refractivity contribution in [3.8, 4) is 5.75 Å². The van der Waals surface area contributed by atoms with Gasteiger partial charge in [0.1, 0.15) is 14.2 Å². The molecule has 1 saturated heterocycles. The lowest BCUT2D eigenvalue weighted by Gasteiger charge is -2.38. The van der Waals surface area contributed by atoms with Crippen LogP contribution in [0, 0.1) is 0 Å². The summed E-state index contributed by atoms with van der Waals surface area (Å²) in [7, 11) is -4.61. The second-order valence-electron chi connectivity index (χ2n) is 8.66. The molecule has 0 saturated carbocycles. The number of thioether (sulfide) groups is 1. The van der Waals surface area contributed by atoms with Crippen LogP contribution in [0.5, 0.6) is 5.75 Å². The van der Waals surface area contributed by atoms with Crippen molar-refractivity contribution in [3.05, 3.63) is 50.0 Å². The van der Waals surface area contributed by atoms with Crippen molar-refractivity contribution in [2.45, 2.75) is 49.6 Å². The van der Waals surface area contributed by atoms with Crippen molar-refractivity contribution in [1.29, 1.82) is 0 Å². The molecule has 4 bridgehead atoms. The summed E-state index contributed by atoms with van der Waals surface area (Å²) in [4.78, 5) is 2.13. The van der Waals surface area contributed by atoms with E-state index < -0.39 is 30.6 Å². The predicted octanol–water partition coefficient (Wildman–Crippen LogP) is 2.34. The van der Waals surface area contributed by atoms with Gasteiger partial charge in [-0.1, -0.05) is 23.9 Å².